The summed E-state index contributed by atoms with van der Waals surface area (Å²) in [5, 5.41) is 3.09. The van der Waals surface area contributed by atoms with Crippen LogP contribution in [0.25, 0.3) is 0 Å². The third-order valence-electron chi connectivity index (χ3n) is 3.04. The number of nitrogens with one attached hydrogen (secondary N) is 1. The smallest absolute Gasteiger partial charge is 0.251 e. The van der Waals surface area contributed by atoms with Crippen LogP contribution in [0.2, 0.25) is 0 Å². The minimum Gasteiger partial charge on any atom is -0.357 e. The lowest BCUT2D eigenvalue weighted by atomic mass is 10.0. The van der Waals surface area contributed by atoms with Crippen LogP contribution in [0.3, 0.4) is 0 Å². The van der Waals surface area contributed by atoms with Crippen molar-refractivity contribution in [2.45, 2.75) is 25.8 Å². The van der Waals surface area contributed by atoms with E-state index in [1.165, 1.54) is 11.9 Å². The van der Waals surface area contributed by atoms with E-state index in [0.29, 0.717) is 18.7 Å². The maximum absolute atomic E-state index is 11.9. The highest BCUT2D eigenvalue weighted by Crippen LogP contribution is 2.25. The number of carbonyl (C=O) groups excluding carboxylic acids is 2. The van der Waals surface area contributed by atoms with E-state index in [1.54, 1.807) is 6.20 Å². The van der Waals surface area contributed by atoms with Gasteiger partial charge in [0.1, 0.15) is 11.9 Å². The Bertz CT molecular complexity index is 504. The van der Waals surface area contributed by atoms with Gasteiger partial charge in [0.25, 0.3) is 5.91 Å². The van der Waals surface area contributed by atoms with E-state index in [4.69, 9.17) is 0 Å². The second-order valence-electron chi connectivity index (χ2n) is 4.32. The Balaban J connectivity index is 2.17. The van der Waals surface area contributed by atoms with Crippen molar-refractivity contribution in [3.63, 3.8) is 0 Å². The average Bonchev–Trinajstić information content (AvgIpc) is 2.35. The van der Waals surface area contributed by atoms with Crippen LogP contribution in [0, 0.1) is 6.92 Å². The summed E-state index contributed by atoms with van der Waals surface area (Å²) in [5.41, 5.74) is 1.04. The molecule has 1 atom stereocenters. The first-order valence-electron chi connectivity index (χ1n) is 5.68. The summed E-state index contributed by atoms with van der Waals surface area (Å²) in [7, 11) is 1.51. The zero-order valence-electron chi connectivity index (χ0n) is 10.2. The number of hydrogen-bond acceptors (Lipinski definition) is 4. The number of imide groups is 1. The van der Waals surface area contributed by atoms with Crippen molar-refractivity contribution in [1.29, 1.82) is 0 Å². The number of likely N-dealkylation sites (tertiary alicyclic amines) is 1. The largest absolute Gasteiger partial charge is 0.357 e. The molecule has 5 nitrogen and oxygen atoms in total. The lowest BCUT2D eigenvalue weighted by molar-refractivity contribution is -0.146. The van der Waals surface area contributed by atoms with E-state index in [2.05, 4.69) is 26.2 Å². The SMILES string of the molecule is Cc1ccnc(NC2CCC(=O)N(C)C2=O)c1Br. The van der Waals surface area contributed by atoms with Crippen LogP contribution >= 0.6 is 15.9 Å². The highest BCUT2D eigenvalue weighted by molar-refractivity contribution is 9.10. The van der Waals surface area contributed by atoms with Crippen LogP contribution in [0.15, 0.2) is 16.7 Å². The number of carbonyl (C=O) groups is 2. The number of hydrogen-bond donors (Lipinski definition) is 1. The van der Waals surface area contributed by atoms with Crippen molar-refractivity contribution in [3.8, 4) is 0 Å². The van der Waals surface area contributed by atoms with E-state index in [1.807, 2.05) is 13.0 Å². The third kappa shape index (κ3) is 2.38. The van der Waals surface area contributed by atoms with Crippen molar-refractivity contribution in [3.05, 3.63) is 22.3 Å². The molecule has 0 aromatic carbocycles. The van der Waals surface area contributed by atoms with Gasteiger partial charge in [0.2, 0.25) is 5.91 Å². The molecule has 1 saturated heterocycles. The van der Waals surface area contributed by atoms with E-state index in [-0.39, 0.29) is 11.8 Å². The van der Waals surface area contributed by atoms with Crippen LogP contribution in [0.1, 0.15) is 18.4 Å². The number of aryl methyl sites for hydroxylation is 1. The second kappa shape index (κ2) is 5.06. The van der Waals surface area contributed by atoms with Gasteiger partial charge in [0, 0.05) is 19.7 Å². The number of anilines is 1. The number of piperidine rings is 1. The Labute approximate surface area is 114 Å². The Morgan fingerprint density at radius 2 is 2.22 bits per heavy atom. The van der Waals surface area contributed by atoms with Crippen LogP contribution in [-0.2, 0) is 9.59 Å². The molecule has 1 aromatic heterocycles. The number of nitrogens with zero attached hydrogens (tertiary/aromatic N) is 2. The number of pyridine rings is 1. The van der Waals surface area contributed by atoms with Gasteiger partial charge in [-0.2, -0.15) is 0 Å². The van der Waals surface area contributed by atoms with Crippen molar-refractivity contribution in [1.82, 2.24) is 9.88 Å². The van der Waals surface area contributed by atoms with E-state index < -0.39 is 6.04 Å². The standard InChI is InChI=1S/C12H14BrN3O2/c1-7-5-6-14-11(10(7)13)15-8-3-4-9(17)16(2)12(8)18/h5-6,8H,3-4H2,1-2H3,(H,14,15). The fourth-order valence-electron chi connectivity index (χ4n) is 1.86. The molecule has 1 aromatic rings. The summed E-state index contributed by atoms with van der Waals surface area (Å²) in [5.74, 6) is 0.298. The minimum absolute atomic E-state index is 0.130. The van der Waals surface area contributed by atoms with Crippen molar-refractivity contribution < 1.29 is 9.59 Å². The van der Waals surface area contributed by atoms with Gasteiger partial charge in [-0.05, 0) is 40.9 Å². The topological polar surface area (TPSA) is 62.3 Å². The van der Waals surface area contributed by atoms with Gasteiger partial charge in [-0.3, -0.25) is 14.5 Å². The Morgan fingerprint density at radius 3 is 2.94 bits per heavy atom. The predicted molar refractivity (Wildman–Crippen MR) is 71.1 cm³/mol. The number of likely N-dealkylation sites (N-methyl/N-ethyl adjacent to an activating group) is 1. The molecule has 2 heterocycles. The lowest BCUT2D eigenvalue weighted by Gasteiger charge is -2.28. The van der Waals surface area contributed by atoms with Crippen LogP contribution in [-0.4, -0.2) is 34.8 Å². The monoisotopic (exact) mass is 311 g/mol. The van der Waals surface area contributed by atoms with Gasteiger partial charge in [-0.15, -0.1) is 0 Å². The molecule has 1 unspecified atom stereocenters. The van der Waals surface area contributed by atoms with Crippen LogP contribution in [0.5, 0.6) is 0 Å². The molecule has 2 amide bonds. The van der Waals surface area contributed by atoms with Crippen molar-refractivity contribution in [2.24, 2.45) is 0 Å². The summed E-state index contributed by atoms with van der Waals surface area (Å²) in [6.45, 7) is 1.95. The van der Waals surface area contributed by atoms with Gasteiger partial charge >= 0.3 is 0 Å². The summed E-state index contributed by atoms with van der Waals surface area (Å²) in [6, 6.07) is 1.49. The molecule has 1 N–H and O–H groups in total. The second-order valence-corrected chi connectivity index (χ2v) is 5.11. The molecular formula is C12H14BrN3O2. The summed E-state index contributed by atoms with van der Waals surface area (Å²) < 4.78 is 0.845. The molecule has 18 heavy (non-hydrogen) atoms. The van der Waals surface area contributed by atoms with E-state index in [0.717, 1.165) is 10.0 Å². The molecule has 1 aliphatic rings. The number of halogens is 1. The molecule has 0 bridgehead atoms. The summed E-state index contributed by atoms with van der Waals surface area (Å²) in [6.07, 6.45) is 2.57. The average molecular weight is 312 g/mol. The number of rotatable bonds is 2. The molecule has 0 spiro atoms. The number of amides is 2. The summed E-state index contributed by atoms with van der Waals surface area (Å²) in [4.78, 5) is 28.7. The van der Waals surface area contributed by atoms with Crippen molar-refractivity contribution >= 4 is 33.6 Å². The van der Waals surface area contributed by atoms with Gasteiger partial charge < -0.3 is 5.32 Å². The maximum Gasteiger partial charge on any atom is 0.251 e. The van der Waals surface area contributed by atoms with Gasteiger partial charge in [-0.1, -0.05) is 0 Å². The molecule has 0 aliphatic carbocycles. The molecule has 96 valence electrons. The van der Waals surface area contributed by atoms with Gasteiger partial charge in [-0.25, -0.2) is 4.98 Å². The Morgan fingerprint density at radius 1 is 1.50 bits per heavy atom. The van der Waals surface area contributed by atoms with E-state index in [9.17, 15) is 9.59 Å². The van der Waals surface area contributed by atoms with Crippen LogP contribution < -0.4 is 5.32 Å². The predicted octanol–water partition coefficient (Wildman–Crippen LogP) is 1.71. The van der Waals surface area contributed by atoms with Gasteiger partial charge in [0.15, 0.2) is 0 Å². The maximum atomic E-state index is 11.9. The zero-order chi connectivity index (χ0) is 13.3. The first kappa shape index (κ1) is 13.0. The molecule has 0 radical (unpaired) electrons. The normalized spacial score (nSPS) is 20.2. The van der Waals surface area contributed by atoms with Crippen LogP contribution in [0.4, 0.5) is 5.82 Å². The number of aromatic nitrogens is 1. The fourth-order valence-corrected chi connectivity index (χ4v) is 2.20. The molecular weight excluding hydrogens is 298 g/mol. The highest BCUT2D eigenvalue weighted by atomic mass is 79.9. The lowest BCUT2D eigenvalue weighted by Crippen LogP contribution is -2.48. The third-order valence-corrected chi connectivity index (χ3v) is 4.04. The first-order chi connectivity index (χ1) is 8.50. The molecule has 1 aliphatic heterocycles. The first-order valence-corrected chi connectivity index (χ1v) is 6.48. The molecule has 6 heteroatoms. The molecule has 1 fully saturated rings. The minimum atomic E-state index is -0.390. The molecule has 0 saturated carbocycles. The fraction of sp³-hybridized carbons (Fsp3) is 0.417. The van der Waals surface area contributed by atoms with Crippen molar-refractivity contribution in [2.75, 3.05) is 12.4 Å². The van der Waals surface area contributed by atoms with Gasteiger partial charge in [0.05, 0.1) is 4.47 Å². The quantitative estimate of drug-likeness (QED) is 0.845. The summed E-state index contributed by atoms with van der Waals surface area (Å²) >= 11 is 3.44. The van der Waals surface area contributed by atoms with E-state index >= 15 is 0 Å². The molecule has 2 rings (SSSR count). The highest BCUT2D eigenvalue weighted by Gasteiger charge is 2.32. The Hall–Kier alpha value is -1.43. The zero-order valence-corrected chi connectivity index (χ0v) is 11.8. The Kier molecular flexibility index (Phi) is 3.65.